The number of anilines is 2. The van der Waals surface area contributed by atoms with Gasteiger partial charge < -0.3 is 25.8 Å². The molecule has 12 heteroatoms. The maximum atomic E-state index is 12.9. The molecule has 1 aliphatic heterocycles. The summed E-state index contributed by atoms with van der Waals surface area (Å²) in [7, 11) is 1.46. The van der Waals surface area contributed by atoms with E-state index in [9.17, 15) is 9.59 Å². The molecule has 3 heterocycles. The van der Waals surface area contributed by atoms with Crippen LogP contribution in [0.5, 0.6) is 5.75 Å². The number of morpholine rings is 1. The first-order valence-corrected chi connectivity index (χ1v) is 10.6. The summed E-state index contributed by atoms with van der Waals surface area (Å²) in [6.07, 6.45) is 4.13. The van der Waals surface area contributed by atoms with Gasteiger partial charge in [-0.1, -0.05) is 23.2 Å². The number of nitrogens with two attached hydrogens (primary N) is 1. The van der Waals surface area contributed by atoms with Crippen molar-refractivity contribution in [3.8, 4) is 11.4 Å². The maximum Gasteiger partial charge on any atom is 0.273 e. The second-order valence-electron chi connectivity index (χ2n) is 6.68. The highest BCUT2D eigenvalue weighted by Crippen LogP contribution is 2.32. The summed E-state index contributed by atoms with van der Waals surface area (Å²) in [6.45, 7) is 3.83. The first kappa shape index (κ1) is 24.5. The topological polar surface area (TPSA) is 133 Å². The van der Waals surface area contributed by atoms with Crippen LogP contribution in [0.1, 0.15) is 10.4 Å². The number of benzene rings is 1. The quantitative estimate of drug-likeness (QED) is 0.505. The number of nitrogen functional groups attached to an aromatic ring is 1. The van der Waals surface area contributed by atoms with Crippen molar-refractivity contribution in [3.63, 3.8) is 0 Å². The lowest BCUT2D eigenvalue weighted by atomic mass is 10.2. The van der Waals surface area contributed by atoms with Gasteiger partial charge in [-0.05, 0) is 12.1 Å². The van der Waals surface area contributed by atoms with Gasteiger partial charge >= 0.3 is 0 Å². The molecular formula is C21H22Cl2N6O4. The molecule has 1 saturated heterocycles. The third-order valence-electron chi connectivity index (χ3n) is 4.46. The number of ether oxygens (including phenoxy) is 2. The van der Waals surface area contributed by atoms with Crippen LogP contribution in [-0.4, -0.2) is 53.9 Å². The lowest BCUT2D eigenvalue weighted by Gasteiger charge is -2.13. The van der Waals surface area contributed by atoms with E-state index in [2.05, 4.69) is 20.6 Å². The number of rotatable bonds is 4. The van der Waals surface area contributed by atoms with Gasteiger partial charge in [0.15, 0.2) is 0 Å². The van der Waals surface area contributed by atoms with Crippen molar-refractivity contribution in [3.05, 3.63) is 68.9 Å². The van der Waals surface area contributed by atoms with Gasteiger partial charge in [-0.15, -0.1) is 0 Å². The summed E-state index contributed by atoms with van der Waals surface area (Å²) < 4.78 is 11.1. The van der Waals surface area contributed by atoms with Crippen LogP contribution in [0.3, 0.4) is 0 Å². The van der Waals surface area contributed by atoms with E-state index in [1.165, 1.54) is 25.4 Å². The number of methoxy groups -OCH3 is 1. The molecule has 2 aromatic heterocycles. The zero-order chi connectivity index (χ0) is 23.8. The number of carbonyl (C=O) groups excluding carboxylic acids is 1. The third kappa shape index (κ3) is 6.20. The number of hydrogen-bond acceptors (Lipinski definition) is 8. The summed E-state index contributed by atoms with van der Waals surface area (Å²) in [5.74, 6) is -0.536. The van der Waals surface area contributed by atoms with Gasteiger partial charge in [0.1, 0.15) is 23.5 Å². The van der Waals surface area contributed by atoms with Crippen LogP contribution in [-0.2, 0) is 4.74 Å². The summed E-state index contributed by atoms with van der Waals surface area (Å²) in [5, 5.41) is 6.00. The Labute approximate surface area is 199 Å². The number of halogens is 2. The van der Waals surface area contributed by atoms with Gasteiger partial charge in [0.2, 0.25) is 0 Å². The standard InChI is InChI=1S/C17H13Cl2N5O3.C4H9NO/c1-27-10-5-11(18)14(12(19)6-10)24-8-22-15(20)13(17(24)26)16(25)23-9-3-2-4-21-7-9;1-3-6-4-2-5-1/h2-8H,20H2,1H3,(H,23,25);5H,1-4H2. The molecule has 33 heavy (non-hydrogen) atoms. The van der Waals surface area contributed by atoms with Crippen molar-refractivity contribution < 1.29 is 14.3 Å². The number of aromatic nitrogens is 3. The minimum absolute atomic E-state index is 0.145. The van der Waals surface area contributed by atoms with E-state index in [1.54, 1.807) is 18.3 Å². The predicted molar refractivity (Wildman–Crippen MR) is 127 cm³/mol. The van der Waals surface area contributed by atoms with Crippen LogP contribution in [0.25, 0.3) is 5.69 Å². The molecule has 0 aliphatic carbocycles. The Hall–Kier alpha value is -3.18. The van der Waals surface area contributed by atoms with Crippen molar-refractivity contribution in [1.29, 1.82) is 0 Å². The lowest BCUT2D eigenvalue weighted by molar-refractivity contribution is 0.102. The number of carbonyl (C=O) groups is 1. The average Bonchev–Trinajstić information content (AvgIpc) is 2.82. The number of hydrogen-bond donors (Lipinski definition) is 3. The van der Waals surface area contributed by atoms with Crippen molar-refractivity contribution in [1.82, 2.24) is 19.9 Å². The first-order valence-electron chi connectivity index (χ1n) is 9.82. The van der Waals surface area contributed by atoms with E-state index in [1.807, 2.05) is 0 Å². The molecule has 174 valence electrons. The monoisotopic (exact) mass is 492 g/mol. The summed E-state index contributed by atoms with van der Waals surface area (Å²) in [5.41, 5.74) is 5.25. The Bertz CT molecular complexity index is 1130. The van der Waals surface area contributed by atoms with Gasteiger partial charge in [0, 0.05) is 31.4 Å². The minimum Gasteiger partial charge on any atom is -0.497 e. The molecule has 0 spiro atoms. The Morgan fingerprint density at radius 1 is 1.27 bits per heavy atom. The van der Waals surface area contributed by atoms with Crippen molar-refractivity contribution >= 4 is 40.6 Å². The molecule has 0 radical (unpaired) electrons. The molecule has 1 aliphatic rings. The number of nitrogens with zero attached hydrogens (tertiary/aromatic N) is 3. The zero-order valence-electron chi connectivity index (χ0n) is 17.7. The van der Waals surface area contributed by atoms with E-state index in [0.29, 0.717) is 11.4 Å². The Morgan fingerprint density at radius 3 is 2.48 bits per heavy atom. The Morgan fingerprint density at radius 2 is 1.97 bits per heavy atom. The van der Waals surface area contributed by atoms with E-state index >= 15 is 0 Å². The summed E-state index contributed by atoms with van der Waals surface area (Å²) in [6, 6.07) is 6.23. The maximum absolute atomic E-state index is 12.9. The van der Waals surface area contributed by atoms with Crippen LogP contribution in [0.4, 0.5) is 11.5 Å². The Kier molecular flexibility index (Phi) is 8.61. The SMILES string of the molecule is C1COCCN1.COc1cc(Cl)c(-n2cnc(N)c(C(=O)Nc3cccnc3)c2=O)c(Cl)c1. The fourth-order valence-electron chi connectivity index (χ4n) is 2.88. The molecular weight excluding hydrogens is 471 g/mol. The molecule has 10 nitrogen and oxygen atoms in total. The first-order chi connectivity index (χ1) is 15.9. The van der Waals surface area contributed by atoms with Crippen molar-refractivity contribution in [2.75, 3.05) is 44.5 Å². The molecule has 1 amide bonds. The molecule has 3 aromatic rings. The second kappa shape index (κ2) is 11.6. The largest absolute Gasteiger partial charge is 0.497 e. The summed E-state index contributed by atoms with van der Waals surface area (Å²) in [4.78, 5) is 33.3. The molecule has 0 bridgehead atoms. The average molecular weight is 493 g/mol. The smallest absolute Gasteiger partial charge is 0.273 e. The van der Waals surface area contributed by atoms with Crippen molar-refractivity contribution in [2.24, 2.45) is 0 Å². The molecule has 4 rings (SSSR count). The second-order valence-corrected chi connectivity index (χ2v) is 7.49. The highest BCUT2D eigenvalue weighted by molar-refractivity contribution is 6.38. The molecule has 0 saturated carbocycles. The number of amides is 1. The van der Waals surface area contributed by atoms with Gasteiger partial charge in [0.05, 0.1) is 47.9 Å². The van der Waals surface area contributed by atoms with Crippen LogP contribution >= 0.6 is 23.2 Å². The van der Waals surface area contributed by atoms with Gasteiger partial charge in [0.25, 0.3) is 11.5 Å². The number of pyridine rings is 1. The van der Waals surface area contributed by atoms with E-state index in [-0.39, 0.29) is 27.1 Å². The van der Waals surface area contributed by atoms with Crippen LogP contribution in [0.2, 0.25) is 10.0 Å². The zero-order valence-corrected chi connectivity index (χ0v) is 19.2. The van der Waals surface area contributed by atoms with Gasteiger partial charge in [-0.25, -0.2) is 4.98 Å². The van der Waals surface area contributed by atoms with E-state index in [0.717, 1.165) is 37.2 Å². The fraction of sp³-hybridized carbons (Fsp3) is 0.238. The predicted octanol–water partition coefficient (Wildman–Crippen LogP) is 2.38. The van der Waals surface area contributed by atoms with Crippen molar-refractivity contribution in [2.45, 2.75) is 0 Å². The normalized spacial score (nSPS) is 12.9. The number of nitrogens with one attached hydrogen (secondary N) is 2. The Balaban J connectivity index is 0.000000442. The molecule has 0 atom stereocenters. The fourth-order valence-corrected chi connectivity index (χ4v) is 3.53. The molecule has 0 unspecified atom stereocenters. The minimum atomic E-state index is -0.729. The summed E-state index contributed by atoms with van der Waals surface area (Å²) >= 11 is 12.5. The van der Waals surface area contributed by atoms with E-state index < -0.39 is 11.5 Å². The van der Waals surface area contributed by atoms with Crippen LogP contribution in [0.15, 0.2) is 47.8 Å². The highest BCUT2D eigenvalue weighted by Gasteiger charge is 2.21. The van der Waals surface area contributed by atoms with Crippen LogP contribution in [0, 0.1) is 0 Å². The lowest BCUT2D eigenvalue weighted by Crippen LogP contribution is -2.31. The van der Waals surface area contributed by atoms with Crippen LogP contribution < -0.4 is 26.7 Å². The molecule has 4 N–H and O–H groups in total. The van der Waals surface area contributed by atoms with Gasteiger partial charge in [-0.2, -0.15) is 0 Å². The molecule has 1 fully saturated rings. The molecule has 1 aromatic carbocycles. The highest BCUT2D eigenvalue weighted by atomic mass is 35.5. The van der Waals surface area contributed by atoms with E-state index in [4.69, 9.17) is 38.4 Å². The van der Waals surface area contributed by atoms with Gasteiger partial charge in [-0.3, -0.25) is 19.1 Å². The third-order valence-corrected chi connectivity index (χ3v) is 5.04.